The summed E-state index contributed by atoms with van der Waals surface area (Å²) in [5.74, 6) is 2.53. The Morgan fingerprint density at radius 2 is 1.58 bits per heavy atom. The lowest BCUT2D eigenvalue weighted by atomic mass is 9.53. The molecule has 1 aliphatic heterocycles. The molecule has 0 spiro atoms. The Labute approximate surface area is 285 Å². The summed E-state index contributed by atoms with van der Waals surface area (Å²) < 4.78 is 13.3. The van der Waals surface area contributed by atoms with Crippen molar-refractivity contribution in [3.8, 4) is 11.1 Å². The van der Waals surface area contributed by atoms with E-state index in [2.05, 4.69) is 96.7 Å². The van der Waals surface area contributed by atoms with E-state index in [1.807, 2.05) is 18.2 Å². The Morgan fingerprint density at radius 1 is 0.917 bits per heavy atom. The average Bonchev–Trinajstić information content (AvgIpc) is 3.08. The summed E-state index contributed by atoms with van der Waals surface area (Å²) in [6.07, 6.45) is 8.76. The first-order valence-electron chi connectivity index (χ1n) is 17.8. The topological polar surface area (TPSA) is 83.1 Å². The van der Waals surface area contributed by atoms with Gasteiger partial charge >= 0.3 is 6.03 Å². The molecular weight excluding hydrogens is 598 g/mol. The predicted molar refractivity (Wildman–Crippen MR) is 189 cm³/mol. The van der Waals surface area contributed by atoms with E-state index in [1.165, 1.54) is 19.3 Å². The molecule has 2 amide bonds. The lowest BCUT2D eigenvalue weighted by Gasteiger charge is -2.56. The smallest absolute Gasteiger partial charge is 0.315 e. The van der Waals surface area contributed by atoms with E-state index in [-0.39, 0.29) is 36.3 Å². The number of urea groups is 1. The van der Waals surface area contributed by atoms with Gasteiger partial charge in [0.25, 0.3) is 0 Å². The van der Waals surface area contributed by atoms with Gasteiger partial charge in [-0.2, -0.15) is 0 Å². The van der Waals surface area contributed by atoms with E-state index in [4.69, 9.17) is 9.47 Å². The molecule has 1 saturated heterocycles. The quantitative estimate of drug-likeness (QED) is 0.187. The van der Waals surface area contributed by atoms with Crippen molar-refractivity contribution in [2.75, 3.05) is 20.1 Å². The van der Waals surface area contributed by atoms with Gasteiger partial charge in [-0.15, -0.1) is 6.58 Å². The zero-order valence-corrected chi connectivity index (χ0v) is 28.4. The average molecular weight is 650 g/mol. The Hall–Kier alpha value is -3.49. The number of aliphatic hydroxyl groups is 1. The van der Waals surface area contributed by atoms with Crippen LogP contribution in [-0.4, -0.2) is 47.8 Å². The summed E-state index contributed by atoms with van der Waals surface area (Å²) in [5.41, 5.74) is 6.23. The number of hydrogen-bond donors (Lipinski definition) is 3. The minimum atomic E-state index is -0.511. The molecule has 4 atom stereocenters. The number of likely N-dealkylation sites (N-methyl/N-ethyl adjacent to an activating group) is 1. The maximum atomic E-state index is 13.1. The van der Waals surface area contributed by atoms with Gasteiger partial charge in [0.1, 0.15) is 0 Å². The Balaban J connectivity index is 1.01. The van der Waals surface area contributed by atoms with Crippen molar-refractivity contribution in [3.05, 3.63) is 108 Å². The SMILES string of the molecule is C=CCN(C)C[C@H]1O[C@@H](c2ccc(-c3cccc(CNC(=O)NC45CC6CC(CC(C6)C4)C5)c3)cc2)O[C@@H](c2ccc(CO)cc2)[C@H]1C. The van der Waals surface area contributed by atoms with E-state index < -0.39 is 6.29 Å². The van der Waals surface area contributed by atoms with Gasteiger partial charge in [0.05, 0.1) is 18.8 Å². The third kappa shape index (κ3) is 7.25. The van der Waals surface area contributed by atoms with Crippen LogP contribution in [0.4, 0.5) is 4.79 Å². The molecule has 3 aromatic rings. The van der Waals surface area contributed by atoms with Gasteiger partial charge < -0.3 is 30.1 Å². The van der Waals surface area contributed by atoms with E-state index in [9.17, 15) is 9.90 Å². The summed E-state index contributed by atoms with van der Waals surface area (Å²) in [7, 11) is 2.08. The van der Waals surface area contributed by atoms with Crippen molar-refractivity contribution in [1.29, 1.82) is 0 Å². The van der Waals surface area contributed by atoms with Gasteiger partial charge in [0.15, 0.2) is 6.29 Å². The molecule has 8 rings (SSSR count). The monoisotopic (exact) mass is 649 g/mol. The number of hydrogen-bond acceptors (Lipinski definition) is 5. The van der Waals surface area contributed by atoms with E-state index >= 15 is 0 Å². The van der Waals surface area contributed by atoms with Crippen molar-refractivity contribution in [3.63, 3.8) is 0 Å². The van der Waals surface area contributed by atoms with Crippen LogP contribution < -0.4 is 10.6 Å². The molecule has 5 aliphatic rings. The van der Waals surface area contributed by atoms with Crippen molar-refractivity contribution in [2.24, 2.45) is 23.7 Å². The normalized spacial score (nSPS) is 30.7. The Morgan fingerprint density at radius 3 is 2.23 bits per heavy atom. The minimum absolute atomic E-state index is 0.0122. The largest absolute Gasteiger partial charge is 0.392 e. The highest BCUT2D eigenvalue weighted by molar-refractivity contribution is 5.75. The van der Waals surface area contributed by atoms with Gasteiger partial charge in [-0.3, -0.25) is 0 Å². The second-order valence-corrected chi connectivity index (χ2v) is 15.2. The summed E-state index contributed by atoms with van der Waals surface area (Å²) in [4.78, 5) is 15.3. The number of nitrogens with zero attached hydrogens (tertiary/aromatic N) is 1. The molecule has 3 aromatic carbocycles. The van der Waals surface area contributed by atoms with Crippen LogP contribution in [0.15, 0.2) is 85.5 Å². The number of carbonyl (C=O) groups excluding carboxylic acids is 1. The van der Waals surface area contributed by atoms with Crippen LogP contribution in [0, 0.1) is 23.7 Å². The van der Waals surface area contributed by atoms with Crippen molar-refractivity contribution in [2.45, 2.75) is 82.6 Å². The standard InChI is InChI=1S/C41H51N3O4/c1-4-16-44(3)25-37-27(2)38(34-10-8-28(26-45)9-11-34)48-39(47-37)35-14-12-33(13-15-35)36-7-5-6-29(20-36)24-42-40(46)43-41-21-30-17-31(22-41)19-32(18-30)23-41/h4-15,20,27,30-32,37-39,45H,1,16-19,21-26H2,2-3H3,(H2,42,43,46)/t27-,30?,31?,32?,37+,38+,39+,41?/m0/s1. The number of ether oxygens (including phenoxy) is 2. The number of aliphatic hydroxyl groups excluding tert-OH is 1. The first-order valence-corrected chi connectivity index (χ1v) is 17.8. The molecular formula is C41H51N3O4. The maximum Gasteiger partial charge on any atom is 0.315 e. The summed E-state index contributed by atoms with van der Waals surface area (Å²) >= 11 is 0. The second-order valence-electron chi connectivity index (χ2n) is 15.2. The van der Waals surface area contributed by atoms with Gasteiger partial charge in [0.2, 0.25) is 0 Å². The molecule has 3 N–H and O–H groups in total. The fraction of sp³-hybridized carbons (Fsp3) is 0.488. The number of amides is 2. The first kappa shape index (κ1) is 33.0. The zero-order valence-electron chi connectivity index (χ0n) is 28.4. The molecule has 0 unspecified atom stereocenters. The van der Waals surface area contributed by atoms with Crippen LogP contribution in [0.5, 0.6) is 0 Å². The Bertz CT molecular complexity index is 1540. The molecule has 4 bridgehead atoms. The highest BCUT2D eigenvalue weighted by Gasteiger charge is 2.51. The lowest BCUT2D eigenvalue weighted by molar-refractivity contribution is -0.275. The van der Waals surface area contributed by atoms with Crippen LogP contribution in [0.2, 0.25) is 0 Å². The van der Waals surface area contributed by atoms with E-state index in [1.54, 1.807) is 0 Å². The molecule has 1 heterocycles. The highest BCUT2D eigenvalue weighted by Crippen LogP contribution is 2.55. The van der Waals surface area contributed by atoms with Crippen molar-refractivity contribution >= 4 is 6.03 Å². The molecule has 0 radical (unpaired) electrons. The fourth-order valence-corrected chi connectivity index (χ4v) is 9.35. The molecule has 4 saturated carbocycles. The van der Waals surface area contributed by atoms with Crippen LogP contribution in [0.25, 0.3) is 11.1 Å². The number of benzene rings is 3. The predicted octanol–water partition coefficient (Wildman–Crippen LogP) is 7.52. The summed E-state index contributed by atoms with van der Waals surface area (Å²) in [6.45, 7) is 8.14. The van der Waals surface area contributed by atoms with Gasteiger partial charge in [-0.25, -0.2) is 4.79 Å². The van der Waals surface area contributed by atoms with Gasteiger partial charge in [-0.05, 0) is 97.2 Å². The van der Waals surface area contributed by atoms with Crippen LogP contribution in [-0.2, 0) is 22.6 Å². The number of rotatable bonds is 11. The summed E-state index contributed by atoms with van der Waals surface area (Å²) in [6, 6.07) is 24.8. The summed E-state index contributed by atoms with van der Waals surface area (Å²) in [5, 5.41) is 16.1. The number of carbonyl (C=O) groups is 1. The number of nitrogens with one attached hydrogen (secondary N) is 2. The molecule has 48 heavy (non-hydrogen) atoms. The minimum Gasteiger partial charge on any atom is -0.392 e. The fourth-order valence-electron chi connectivity index (χ4n) is 9.35. The van der Waals surface area contributed by atoms with Gasteiger partial charge in [-0.1, -0.05) is 79.7 Å². The van der Waals surface area contributed by atoms with E-state index in [0.29, 0.717) is 6.54 Å². The Kier molecular flexibility index (Phi) is 9.75. The second kappa shape index (κ2) is 14.2. The maximum absolute atomic E-state index is 13.1. The lowest BCUT2D eigenvalue weighted by Crippen LogP contribution is -2.61. The van der Waals surface area contributed by atoms with E-state index in [0.717, 1.165) is 83.5 Å². The first-order chi connectivity index (χ1) is 23.3. The van der Waals surface area contributed by atoms with Crippen LogP contribution >= 0.6 is 0 Å². The molecule has 7 nitrogen and oxygen atoms in total. The highest BCUT2D eigenvalue weighted by atomic mass is 16.7. The molecule has 7 heteroatoms. The van der Waals surface area contributed by atoms with Crippen LogP contribution in [0.1, 0.15) is 80.1 Å². The molecule has 0 aromatic heterocycles. The molecule has 5 fully saturated rings. The molecule has 254 valence electrons. The van der Waals surface area contributed by atoms with Gasteiger partial charge in [0, 0.05) is 36.7 Å². The van der Waals surface area contributed by atoms with Crippen molar-refractivity contribution < 1.29 is 19.4 Å². The van der Waals surface area contributed by atoms with Crippen molar-refractivity contribution in [1.82, 2.24) is 15.5 Å². The third-order valence-electron chi connectivity index (χ3n) is 11.4. The molecule has 4 aliphatic carbocycles. The third-order valence-corrected chi connectivity index (χ3v) is 11.4. The van der Waals surface area contributed by atoms with Crippen LogP contribution in [0.3, 0.4) is 0 Å². The zero-order chi connectivity index (χ0) is 33.3.